The molecular weight excluding hydrogens is 208 g/mol. The zero-order valence-electron chi connectivity index (χ0n) is 8.47. The summed E-state index contributed by atoms with van der Waals surface area (Å²) >= 11 is 0. The van der Waals surface area contributed by atoms with Crippen molar-refractivity contribution >= 4 is 11.9 Å². The Labute approximate surface area is 86.2 Å². The molecule has 0 fully saturated rings. The van der Waals surface area contributed by atoms with Gasteiger partial charge in [0.1, 0.15) is 0 Å². The van der Waals surface area contributed by atoms with Gasteiger partial charge in [0.15, 0.2) is 0 Å². The summed E-state index contributed by atoms with van der Waals surface area (Å²) in [5.74, 6) is -6.11. The summed E-state index contributed by atoms with van der Waals surface area (Å²) in [6, 6.07) is 0. The van der Waals surface area contributed by atoms with E-state index in [0.29, 0.717) is 0 Å². The van der Waals surface area contributed by atoms with Gasteiger partial charge in [-0.05, 0) is 13.8 Å². The number of carbonyl (C=O) groups is 2. The number of hydrogen-bond donors (Lipinski definition) is 3. The van der Waals surface area contributed by atoms with Gasteiger partial charge in [0, 0.05) is 0 Å². The summed E-state index contributed by atoms with van der Waals surface area (Å²) in [5.41, 5.74) is 0. The molecule has 0 amide bonds. The van der Waals surface area contributed by atoms with Crippen LogP contribution in [0.2, 0.25) is 0 Å². The van der Waals surface area contributed by atoms with Crippen LogP contribution in [0.25, 0.3) is 0 Å². The van der Waals surface area contributed by atoms with Crippen molar-refractivity contribution in [3.8, 4) is 0 Å². The third kappa shape index (κ3) is 3.46. The summed E-state index contributed by atoms with van der Waals surface area (Å²) in [5, 5.41) is 27.3. The molecule has 7 nitrogen and oxygen atoms in total. The van der Waals surface area contributed by atoms with E-state index in [9.17, 15) is 9.59 Å². The lowest BCUT2D eigenvalue weighted by Gasteiger charge is -2.23. The van der Waals surface area contributed by atoms with Crippen molar-refractivity contribution in [2.45, 2.75) is 25.7 Å². The van der Waals surface area contributed by atoms with Gasteiger partial charge in [0.2, 0.25) is 6.10 Å². The Hall–Kier alpha value is -1.18. The van der Waals surface area contributed by atoms with Crippen molar-refractivity contribution in [3.05, 3.63) is 0 Å². The summed E-state index contributed by atoms with van der Waals surface area (Å²) < 4.78 is 8.55. The van der Waals surface area contributed by atoms with Crippen LogP contribution >= 0.6 is 0 Å². The summed E-state index contributed by atoms with van der Waals surface area (Å²) in [6.45, 7) is 2.72. The third-order valence-electron chi connectivity index (χ3n) is 1.47. The Bertz CT molecular complexity index is 235. The van der Waals surface area contributed by atoms with Gasteiger partial charge in [0.25, 0.3) is 0 Å². The topological polar surface area (TPSA) is 113 Å². The van der Waals surface area contributed by atoms with Crippen LogP contribution in [0.4, 0.5) is 0 Å². The fourth-order valence-corrected chi connectivity index (χ4v) is 0.734. The maximum atomic E-state index is 10.9. The van der Waals surface area contributed by atoms with Gasteiger partial charge in [0.05, 0.1) is 13.2 Å². The first-order valence-electron chi connectivity index (χ1n) is 4.34. The van der Waals surface area contributed by atoms with Gasteiger partial charge >= 0.3 is 17.7 Å². The summed E-state index contributed by atoms with van der Waals surface area (Å²) in [6.07, 6.45) is -2.39. The van der Waals surface area contributed by atoms with Crippen LogP contribution in [0, 0.1) is 0 Å². The molecule has 0 aromatic carbocycles. The van der Waals surface area contributed by atoms with Crippen LogP contribution in [0.3, 0.4) is 0 Å². The minimum absolute atomic E-state index is 0.0607. The van der Waals surface area contributed by atoms with E-state index >= 15 is 0 Å². The second kappa shape index (κ2) is 5.64. The molecule has 0 radical (unpaired) electrons. The number of rotatable bonds is 5. The maximum Gasteiger partial charge on any atom is 0.370 e. The highest BCUT2D eigenvalue weighted by Crippen LogP contribution is 2.11. The molecule has 0 bridgehead atoms. The standard InChI is InChI=1S/C8H14O7/c1-3-14-6(10)5(9)8(12,13)7(11)15-4-2/h5,9,12-13H,3-4H2,1-2H3. The van der Waals surface area contributed by atoms with E-state index in [-0.39, 0.29) is 13.2 Å². The molecule has 3 N–H and O–H groups in total. The molecule has 88 valence electrons. The zero-order chi connectivity index (χ0) is 12.1. The predicted molar refractivity (Wildman–Crippen MR) is 46.4 cm³/mol. The van der Waals surface area contributed by atoms with E-state index in [0.717, 1.165) is 0 Å². The molecule has 0 aliphatic carbocycles. The lowest BCUT2D eigenvalue weighted by molar-refractivity contribution is -0.243. The Balaban J connectivity index is 4.56. The van der Waals surface area contributed by atoms with Crippen molar-refractivity contribution < 1.29 is 34.4 Å². The highest BCUT2D eigenvalue weighted by Gasteiger charge is 2.48. The smallest absolute Gasteiger partial charge is 0.370 e. The average Bonchev–Trinajstić information content (AvgIpc) is 2.17. The monoisotopic (exact) mass is 222 g/mol. The Morgan fingerprint density at radius 2 is 1.67 bits per heavy atom. The Morgan fingerprint density at radius 1 is 1.20 bits per heavy atom. The second-order valence-electron chi connectivity index (χ2n) is 2.60. The molecule has 0 aliphatic heterocycles. The third-order valence-corrected chi connectivity index (χ3v) is 1.47. The van der Waals surface area contributed by atoms with Gasteiger partial charge in [-0.25, -0.2) is 9.59 Å². The Morgan fingerprint density at radius 3 is 2.07 bits per heavy atom. The maximum absolute atomic E-state index is 10.9. The predicted octanol–water partition coefficient (Wildman–Crippen LogP) is -1.85. The summed E-state index contributed by atoms with van der Waals surface area (Å²) in [4.78, 5) is 21.8. The number of aliphatic hydroxyl groups is 3. The van der Waals surface area contributed by atoms with Crippen LogP contribution in [-0.4, -0.2) is 52.4 Å². The number of ether oxygens (including phenoxy) is 2. The lowest BCUT2D eigenvalue weighted by atomic mass is 10.1. The van der Waals surface area contributed by atoms with Crippen LogP contribution in [0.1, 0.15) is 13.8 Å². The van der Waals surface area contributed by atoms with E-state index in [1.165, 1.54) is 13.8 Å². The fraction of sp³-hybridized carbons (Fsp3) is 0.750. The molecule has 15 heavy (non-hydrogen) atoms. The lowest BCUT2D eigenvalue weighted by Crippen LogP contribution is -2.54. The molecule has 7 heteroatoms. The highest BCUT2D eigenvalue weighted by molar-refractivity contribution is 5.87. The van der Waals surface area contributed by atoms with Gasteiger partial charge in [-0.1, -0.05) is 0 Å². The molecule has 0 saturated heterocycles. The fourth-order valence-electron chi connectivity index (χ4n) is 0.734. The molecule has 0 spiro atoms. The second-order valence-corrected chi connectivity index (χ2v) is 2.60. The zero-order valence-corrected chi connectivity index (χ0v) is 8.47. The largest absolute Gasteiger partial charge is 0.464 e. The number of aliphatic hydroxyl groups excluding tert-OH is 1. The first-order valence-corrected chi connectivity index (χ1v) is 4.34. The van der Waals surface area contributed by atoms with Crippen molar-refractivity contribution in [1.29, 1.82) is 0 Å². The van der Waals surface area contributed by atoms with Crippen LogP contribution in [0.15, 0.2) is 0 Å². The van der Waals surface area contributed by atoms with Gasteiger partial charge in [-0.15, -0.1) is 0 Å². The molecular formula is C8H14O7. The minimum atomic E-state index is -3.29. The van der Waals surface area contributed by atoms with Crippen molar-refractivity contribution in [1.82, 2.24) is 0 Å². The van der Waals surface area contributed by atoms with E-state index in [1.807, 2.05) is 0 Å². The first kappa shape index (κ1) is 13.8. The Kier molecular flexibility index (Phi) is 5.20. The van der Waals surface area contributed by atoms with Gasteiger partial charge in [-0.2, -0.15) is 0 Å². The van der Waals surface area contributed by atoms with E-state index in [1.54, 1.807) is 0 Å². The molecule has 0 aromatic rings. The van der Waals surface area contributed by atoms with Crippen LogP contribution in [-0.2, 0) is 19.1 Å². The summed E-state index contributed by atoms with van der Waals surface area (Å²) in [7, 11) is 0. The average molecular weight is 222 g/mol. The molecule has 0 heterocycles. The quantitative estimate of drug-likeness (QED) is 0.369. The van der Waals surface area contributed by atoms with E-state index < -0.39 is 23.8 Å². The van der Waals surface area contributed by atoms with E-state index in [2.05, 4.69) is 9.47 Å². The normalized spacial score (nSPS) is 13.1. The number of esters is 2. The van der Waals surface area contributed by atoms with Crippen molar-refractivity contribution in [2.24, 2.45) is 0 Å². The SMILES string of the molecule is CCOC(=O)C(O)C(O)(O)C(=O)OCC. The number of hydrogen-bond acceptors (Lipinski definition) is 7. The molecule has 1 atom stereocenters. The minimum Gasteiger partial charge on any atom is -0.464 e. The van der Waals surface area contributed by atoms with Crippen molar-refractivity contribution in [2.75, 3.05) is 13.2 Å². The van der Waals surface area contributed by atoms with Crippen LogP contribution < -0.4 is 0 Å². The molecule has 0 aliphatic rings. The van der Waals surface area contributed by atoms with E-state index in [4.69, 9.17) is 15.3 Å². The molecule has 0 saturated carbocycles. The molecule has 0 aromatic heterocycles. The first-order chi connectivity index (χ1) is 6.87. The molecule has 0 rings (SSSR count). The van der Waals surface area contributed by atoms with Crippen molar-refractivity contribution in [3.63, 3.8) is 0 Å². The van der Waals surface area contributed by atoms with Gasteiger partial charge < -0.3 is 24.8 Å². The number of carbonyl (C=O) groups excluding carboxylic acids is 2. The van der Waals surface area contributed by atoms with Crippen LogP contribution in [0.5, 0.6) is 0 Å². The van der Waals surface area contributed by atoms with Gasteiger partial charge in [-0.3, -0.25) is 0 Å². The highest BCUT2D eigenvalue weighted by atomic mass is 16.6. The molecule has 1 unspecified atom stereocenters.